The summed E-state index contributed by atoms with van der Waals surface area (Å²) in [6, 6.07) is 10.6. The van der Waals surface area contributed by atoms with Gasteiger partial charge in [0.25, 0.3) is 5.92 Å². The molecule has 3 aromatic carbocycles. The number of benzene rings is 3. The Bertz CT molecular complexity index is 1880. The fourth-order valence-corrected chi connectivity index (χ4v) is 10.1. The van der Waals surface area contributed by atoms with Gasteiger partial charge in [0.1, 0.15) is 11.4 Å². The van der Waals surface area contributed by atoms with Crippen molar-refractivity contribution in [2.45, 2.75) is 139 Å². The van der Waals surface area contributed by atoms with Crippen LogP contribution in [0.15, 0.2) is 70.0 Å². The van der Waals surface area contributed by atoms with Gasteiger partial charge in [-0.15, -0.1) is 0 Å². The number of piperidine rings is 1. The molecule has 52 heavy (non-hydrogen) atoms. The molecule has 282 valence electrons. The number of nitrogens with zero attached hydrogens (tertiary/aromatic N) is 2. The normalized spacial score (nSPS) is 21.9. The van der Waals surface area contributed by atoms with E-state index in [1.54, 1.807) is 39.0 Å². The Morgan fingerprint density at radius 3 is 2.10 bits per heavy atom. The number of carbonyl (C=O) groups is 2. The van der Waals surface area contributed by atoms with Crippen LogP contribution in [-0.4, -0.2) is 71.5 Å². The molecule has 2 aliphatic heterocycles. The lowest BCUT2D eigenvalue weighted by Gasteiger charge is -2.44. The number of rotatable bonds is 10. The molecule has 3 aromatic rings. The molecule has 1 aliphatic carbocycles. The third-order valence-corrected chi connectivity index (χ3v) is 12.8. The van der Waals surface area contributed by atoms with E-state index in [0.29, 0.717) is 45.6 Å². The van der Waals surface area contributed by atoms with Gasteiger partial charge in [-0.3, -0.25) is 4.79 Å². The zero-order chi connectivity index (χ0) is 37.6. The summed E-state index contributed by atoms with van der Waals surface area (Å²) in [7, 11) is -4.67. The number of hydrogen-bond acceptors (Lipinski definition) is 6. The van der Waals surface area contributed by atoms with Gasteiger partial charge in [0.05, 0.1) is 11.0 Å². The lowest BCUT2D eigenvalue weighted by Crippen LogP contribution is -2.63. The number of fused-ring (bicyclic) bond motifs is 3. The number of alkyl carbamates (subject to hydrolysis) is 1. The van der Waals surface area contributed by atoms with E-state index in [9.17, 15) is 18.0 Å². The second-order valence-electron chi connectivity index (χ2n) is 15.6. The third kappa shape index (κ3) is 8.11. The first-order valence-electron chi connectivity index (χ1n) is 18.1. The minimum absolute atomic E-state index is 0.154. The Morgan fingerprint density at radius 2 is 1.50 bits per heavy atom. The van der Waals surface area contributed by atoms with Crippen LogP contribution in [0.2, 0.25) is 0 Å². The Balaban J connectivity index is 1.34. The highest BCUT2D eigenvalue weighted by atomic mass is 79.9. The van der Waals surface area contributed by atoms with Gasteiger partial charge in [-0.1, -0.05) is 40.2 Å². The van der Waals surface area contributed by atoms with Gasteiger partial charge >= 0.3 is 6.09 Å². The van der Waals surface area contributed by atoms with Crippen molar-refractivity contribution in [1.29, 1.82) is 0 Å². The van der Waals surface area contributed by atoms with Gasteiger partial charge < -0.3 is 19.7 Å². The summed E-state index contributed by atoms with van der Waals surface area (Å²) < 4.78 is 76.4. The summed E-state index contributed by atoms with van der Waals surface area (Å²) in [6.07, 6.45) is 5.58. The molecule has 13 heteroatoms. The topological polar surface area (TPSA) is 105 Å². The maximum atomic E-state index is 17.1. The Hall–Kier alpha value is -3.29. The number of carbonyl (C=O) groups excluding carboxylic acids is 2. The van der Waals surface area contributed by atoms with Crippen molar-refractivity contribution in [1.82, 2.24) is 14.5 Å². The van der Waals surface area contributed by atoms with Gasteiger partial charge in [-0.05, 0) is 133 Å². The van der Waals surface area contributed by atoms with E-state index in [4.69, 9.17) is 9.47 Å². The van der Waals surface area contributed by atoms with Crippen molar-refractivity contribution in [3.63, 3.8) is 0 Å². The fourth-order valence-electron chi connectivity index (χ4n) is 7.99. The van der Waals surface area contributed by atoms with Crippen LogP contribution in [0.5, 0.6) is 5.75 Å². The molecule has 1 saturated carbocycles. The fraction of sp³-hybridized carbons (Fsp3) is 0.538. The molecular formula is C39H48BrF2N3O6S. The summed E-state index contributed by atoms with van der Waals surface area (Å²) in [5.74, 6) is -4.18. The summed E-state index contributed by atoms with van der Waals surface area (Å²) >= 11 is 3.29. The van der Waals surface area contributed by atoms with Gasteiger partial charge in [-0.2, -0.15) is 13.1 Å². The average Bonchev–Trinajstić information content (AvgIpc) is 3.67. The smallest absolute Gasteiger partial charge is 0.407 e. The van der Waals surface area contributed by atoms with Crippen LogP contribution in [0.3, 0.4) is 0 Å². The van der Waals surface area contributed by atoms with E-state index in [1.807, 2.05) is 6.07 Å². The van der Waals surface area contributed by atoms with Gasteiger partial charge in [0.2, 0.25) is 15.9 Å². The van der Waals surface area contributed by atoms with Crippen molar-refractivity contribution in [2.24, 2.45) is 0 Å². The maximum Gasteiger partial charge on any atom is 0.407 e. The van der Waals surface area contributed by atoms with E-state index in [2.05, 4.69) is 21.2 Å². The number of alkyl halides is 2. The predicted octanol–water partition coefficient (Wildman–Crippen LogP) is 8.53. The largest absolute Gasteiger partial charge is 0.490 e. The zero-order valence-corrected chi connectivity index (χ0v) is 32.7. The van der Waals surface area contributed by atoms with Crippen LogP contribution in [0.25, 0.3) is 10.8 Å². The standard InChI is InChI=1S/C39H48BrF2N3O6S/c1-24(2)45(52(48,49)34-19-11-25-20-33(18-10-26(25)21-34)50-32-8-6-7-9-32)35(39(41,42)27-12-14-28(40)15-13-27)36(46)44-30-16-17-31(44)23-29(22-30)43-37(47)51-38(3,4)5/h10-15,18-21,24,29-32,35H,6-9,16-17,22-23H2,1-5H3,(H,43,47). The maximum absolute atomic E-state index is 17.1. The average molecular weight is 805 g/mol. The van der Waals surface area contributed by atoms with E-state index >= 15 is 8.78 Å². The molecule has 1 N–H and O–H groups in total. The Morgan fingerprint density at radius 1 is 0.904 bits per heavy atom. The van der Waals surface area contributed by atoms with Crippen LogP contribution >= 0.6 is 15.9 Å². The van der Waals surface area contributed by atoms with E-state index in [-0.39, 0.29) is 17.0 Å². The van der Waals surface area contributed by atoms with Crippen molar-refractivity contribution in [2.75, 3.05) is 0 Å². The van der Waals surface area contributed by atoms with Crippen LogP contribution < -0.4 is 10.1 Å². The number of sulfonamides is 1. The highest BCUT2D eigenvalue weighted by Crippen LogP contribution is 2.44. The molecule has 3 atom stereocenters. The molecule has 3 aliphatic rings. The molecule has 6 rings (SSSR count). The molecule has 2 bridgehead atoms. The zero-order valence-electron chi connectivity index (χ0n) is 30.3. The van der Waals surface area contributed by atoms with Crippen molar-refractivity contribution < 1.29 is 36.3 Å². The van der Waals surface area contributed by atoms with Gasteiger partial charge in [0.15, 0.2) is 6.04 Å². The molecule has 2 amide bonds. The van der Waals surface area contributed by atoms with Gasteiger partial charge in [-0.25, -0.2) is 13.2 Å². The van der Waals surface area contributed by atoms with Gasteiger partial charge in [0, 0.05) is 34.2 Å². The second-order valence-corrected chi connectivity index (χ2v) is 18.4. The number of ether oxygens (including phenoxy) is 2. The monoisotopic (exact) mass is 803 g/mol. The number of amides is 2. The second kappa shape index (κ2) is 14.9. The van der Waals surface area contributed by atoms with E-state index in [0.717, 1.165) is 31.1 Å². The van der Waals surface area contributed by atoms with Crippen molar-refractivity contribution in [3.8, 4) is 5.75 Å². The van der Waals surface area contributed by atoms with Crippen LogP contribution in [0.4, 0.5) is 13.6 Å². The van der Waals surface area contributed by atoms with Crippen molar-refractivity contribution in [3.05, 3.63) is 70.7 Å². The summed E-state index contributed by atoms with van der Waals surface area (Å²) in [5, 5.41) is 4.23. The Kier molecular flexibility index (Phi) is 11.0. The number of halogens is 3. The molecule has 2 saturated heterocycles. The number of nitrogens with one attached hydrogen (secondary N) is 1. The molecular weight excluding hydrogens is 756 g/mol. The molecule has 2 heterocycles. The number of hydrogen-bond donors (Lipinski definition) is 1. The first-order valence-corrected chi connectivity index (χ1v) is 20.4. The summed E-state index contributed by atoms with van der Waals surface area (Å²) in [4.78, 5) is 28.6. The highest BCUT2D eigenvalue weighted by molar-refractivity contribution is 9.10. The molecule has 3 fully saturated rings. The highest BCUT2D eigenvalue weighted by Gasteiger charge is 2.58. The van der Waals surface area contributed by atoms with Crippen LogP contribution in [-0.2, 0) is 25.5 Å². The summed E-state index contributed by atoms with van der Waals surface area (Å²) in [5.41, 5.74) is -1.17. The van der Waals surface area contributed by atoms with E-state index < -0.39 is 63.3 Å². The lowest BCUT2D eigenvalue weighted by atomic mass is 9.93. The van der Waals surface area contributed by atoms with Crippen molar-refractivity contribution >= 4 is 48.7 Å². The Labute approximate surface area is 313 Å². The van der Waals surface area contributed by atoms with Crippen LogP contribution in [0.1, 0.15) is 91.5 Å². The van der Waals surface area contributed by atoms with Crippen LogP contribution in [0, 0.1) is 0 Å². The molecule has 0 aromatic heterocycles. The molecule has 9 nitrogen and oxygen atoms in total. The predicted molar refractivity (Wildman–Crippen MR) is 199 cm³/mol. The summed E-state index contributed by atoms with van der Waals surface area (Å²) in [6.45, 7) is 8.30. The first-order chi connectivity index (χ1) is 24.4. The third-order valence-electron chi connectivity index (χ3n) is 10.2. The minimum atomic E-state index is -4.67. The molecule has 3 unspecified atom stereocenters. The lowest BCUT2D eigenvalue weighted by molar-refractivity contribution is -0.157. The van der Waals surface area contributed by atoms with E-state index in [1.165, 1.54) is 55.1 Å². The molecule has 0 spiro atoms. The first kappa shape index (κ1) is 38.4. The molecule has 0 radical (unpaired) electrons. The SMILES string of the molecule is CC(C)N(C(C(=O)N1C2CCC1CC(NC(=O)OC(C)(C)C)C2)C(F)(F)c1ccc(Br)cc1)S(=O)(=O)c1ccc2cc(OC3CCCC3)ccc2c1. The quantitative estimate of drug-likeness (QED) is 0.220. The minimum Gasteiger partial charge on any atom is -0.490 e.